The molecule has 0 bridgehead atoms. The van der Waals surface area contributed by atoms with E-state index in [2.05, 4.69) is 31.9 Å². The molecule has 0 saturated heterocycles. The number of hydrogen-bond acceptors (Lipinski definition) is 4. The van der Waals surface area contributed by atoms with Gasteiger partial charge in [0.1, 0.15) is 6.10 Å². The molecule has 1 heterocycles. The van der Waals surface area contributed by atoms with Gasteiger partial charge in [0.2, 0.25) is 0 Å². The average Bonchev–Trinajstić information content (AvgIpc) is 2.97. The first-order chi connectivity index (χ1) is 11.6. The lowest BCUT2D eigenvalue weighted by atomic mass is 9.72. The van der Waals surface area contributed by atoms with Gasteiger partial charge in [-0.15, -0.1) is 11.3 Å². The molecule has 0 aliphatic heterocycles. The van der Waals surface area contributed by atoms with Gasteiger partial charge in [-0.2, -0.15) is 0 Å². The molecule has 7 heteroatoms. The second-order valence-corrected chi connectivity index (χ2v) is 8.61. The van der Waals surface area contributed by atoms with Gasteiger partial charge < -0.3 is 9.84 Å². The number of carbonyl (C=O) groups excluding carboxylic acids is 1. The van der Waals surface area contributed by atoms with Gasteiger partial charge in [0.25, 0.3) is 0 Å². The highest BCUT2D eigenvalue weighted by Gasteiger charge is 2.44. The molecule has 1 aliphatic carbocycles. The molecule has 0 fully saturated rings. The van der Waals surface area contributed by atoms with Gasteiger partial charge >= 0.3 is 5.97 Å². The third-order valence-electron chi connectivity index (χ3n) is 4.37. The van der Waals surface area contributed by atoms with E-state index in [1.54, 1.807) is 6.08 Å². The lowest BCUT2D eigenvalue weighted by molar-refractivity contribution is -0.132. The Hall–Kier alpha value is -1.02. The first-order valence-corrected chi connectivity index (χ1v) is 9.91. The number of rotatable bonds is 5. The Morgan fingerprint density at radius 1 is 1.36 bits per heavy atom. The van der Waals surface area contributed by atoms with Crippen LogP contribution in [-0.4, -0.2) is 30.1 Å². The molecule has 1 aromatic rings. The van der Waals surface area contributed by atoms with E-state index in [9.17, 15) is 14.7 Å². The molecular weight excluding hydrogens is 472 g/mol. The maximum Gasteiger partial charge on any atom is 0.337 e. The molecule has 0 spiro atoms. The van der Waals surface area contributed by atoms with E-state index in [4.69, 9.17) is 4.74 Å². The van der Waals surface area contributed by atoms with E-state index >= 15 is 0 Å². The number of methoxy groups -OCH3 is 1. The Balaban J connectivity index is 2.46. The maximum absolute atomic E-state index is 12.4. The predicted octanol–water partition coefficient (Wildman–Crippen LogP) is 5.23. The van der Waals surface area contributed by atoms with Crippen molar-refractivity contribution in [3.8, 4) is 0 Å². The summed E-state index contributed by atoms with van der Waals surface area (Å²) in [5.41, 5.74) is 1.30. The molecule has 4 nitrogen and oxygen atoms in total. The Morgan fingerprint density at radius 3 is 2.48 bits per heavy atom. The quantitative estimate of drug-likeness (QED) is 0.454. The molecular formula is C18H18Br2O4S. The predicted molar refractivity (Wildman–Crippen MR) is 107 cm³/mol. The first kappa shape index (κ1) is 20.3. The van der Waals surface area contributed by atoms with Gasteiger partial charge in [0.05, 0.1) is 10.5 Å². The van der Waals surface area contributed by atoms with Crippen molar-refractivity contribution in [1.29, 1.82) is 0 Å². The summed E-state index contributed by atoms with van der Waals surface area (Å²) >= 11 is 8.17. The summed E-state index contributed by atoms with van der Waals surface area (Å²) in [6.07, 6.45) is 2.77. The minimum absolute atomic E-state index is 0.0813. The van der Waals surface area contributed by atoms with Gasteiger partial charge in [-0.05, 0) is 65.4 Å². The number of aryl methyl sites for hydroxylation is 1. The van der Waals surface area contributed by atoms with Crippen LogP contribution in [0.1, 0.15) is 29.1 Å². The summed E-state index contributed by atoms with van der Waals surface area (Å²) in [4.78, 5) is 24.7. The van der Waals surface area contributed by atoms with E-state index in [0.717, 1.165) is 11.1 Å². The van der Waals surface area contributed by atoms with Crippen LogP contribution in [-0.2, 0) is 9.53 Å². The zero-order valence-electron chi connectivity index (χ0n) is 14.2. The topological polar surface area (TPSA) is 63.6 Å². The number of ketones is 1. The highest BCUT2D eigenvalue weighted by molar-refractivity contribution is 9.12. The van der Waals surface area contributed by atoms with Crippen LogP contribution in [0.15, 0.2) is 43.7 Å². The van der Waals surface area contributed by atoms with Crippen LogP contribution in [0.25, 0.3) is 0 Å². The molecule has 25 heavy (non-hydrogen) atoms. The van der Waals surface area contributed by atoms with Crippen molar-refractivity contribution >= 4 is 54.9 Å². The summed E-state index contributed by atoms with van der Waals surface area (Å²) in [6.45, 7) is 5.70. The van der Waals surface area contributed by atoms with E-state index in [1.807, 2.05) is 32.2 Å². The van der Waals surface area contributed by atoms with Crippen molar-refractivity contribution in [3.63, 3.8) is 0 Å². The van der Waals surface area contributed by atoms with Crippen molar-refractivity contribution in [2.24, 2.45) is 5.41 Å². The fourth-order valence-corrected chi connectivity index (χ4v) is 5.69. The van der Waals surface area contributed by atoms with Crippen LogP contribution in [0.5, 0.6) is 0 Å². The number of ether oxygens (including phenoxy) is 1. The summed E-state index contributed by atoms with van der Waals surface area (Å²) in [5, 5.41) is 11.4. The molecule has 0 radical (unpaired) electrons. The SMILES string of the molecule is COC1C(Br)=C(C(=O)O)C(Br)=C(C)C1(C)C=CC(=O)c1cc(C)cs1. The van der Waals surface area contributed by atoms with Crippen LogP contribution >= 0.6 is 43.2 Å². The number of aliphatic carboxylic acids is 1. The number of carbonyl (C=O) groups is 2. The van der Waals surface area contributed by atoms with Crippen molar-refractivity contribution in [2.45, 2.75) is 26.9 Å². The molecule has 0 aromatic carbocycles. The van der Waals surface area contributed by atoms with Gasteiger partial charge in [0, 0.05) is 21.5 Å². The van der Waals surface area contributed by atoms with E-state index in [1.165, 1.54) is 24.5 Å². The molecule has 2 unspecified atom stereocenters. The number of hydrogen-bond donors (Lipinski definition) is 1. The van der Waals surface area contributed by atoms with E-state index < -0.39 is 17.5 Å². The number of carboxylic acid groups (broad SMARTS) is 1. The lowest BCUT2D eigenvalue weighted by Crippen LogP contribution is -2.38. The third kappa shape index (κ3) is 3.74. The second-order valence-electron chi connectivity index (χ2n) is 6.05. The molecule has 134 valence electrons. The minimum Gasteiger partial charge on any atom is -0.478 e. The Kier molecular flexibility index (Phi) is 6.25. The normalized spacial score (nSPS) is 24.3. The van der Waals surface area contributed by atoms with Crippen LogP contribution in [0.4, 0.5) is 0 Å². The molecule has 1 aliphatic rings. The summed E-state index contributed by atoms with van der Waals surface area (Å²) in [5.74, 6) is -1.13. The summed E-state index contributed by atoms with van der Waals surface area (Å²) in [6, 6.07) is 1.85. The average molecular weight is 490 g/mol. The van der Waals surface area contributed by atoms with E-state index in [0.29, 0.717) is 13.8 Å². The van der Waals surface area contributed by atoms with Crippen molar-refractivity contribution in [1.82, 2.24) is 0 Å². The van der Waals surface area contributed by atoms with Crippen LogP contribution in [0.3, 0.4) is 0 Å². The second kappa shape index (κ2) is 7.70. The van der Waals surface area contributed by atoms with Gasteiger partial charge in [-0.1, -0.05) is 22.0 Å². The monoisotopic (exact) mass is 488 g/mol. The molecule has 0 amide bonds. The number of halogens is 2. The zero-order valence-corrected chi connectivity index (χ0v) is 18.2. The Bertz CT molecular complexity index is 819. The third-order valence-corrected chi connectivity index (χ3v) is 7.24. The Labute approximate surface area is 167 Å². The van der Waals surface area contributed by atoms with Gasteiger partial charge in [-0.3, -0.25) is 4.79 Å². The fraction of sp³-hybridized carbons (Fsp3) is 0.333. The van der Waals surface area contributed by atoms with E-state index in [-0.39, 0.29) is 11.4 Å². The van der Waals surface area contributed by atoms with Gasteiger partial charge in [-0.25, -0.2) is 4.79 Å². The molecule has 2 atom stereocenters. The van der Waals surface area contributed by atoms with Crippen LogP contribution in [0.2, 0.25) is 0 Å². The van der Waals surface area contributed by atoms with Crippen molar-refractivity contribution < 1.29 is 19.4 Å². The maximum atomic E-state index is 12.4. The first-order valence-electron chi connectivity index (χ1n) is 7.45. The standard InChI is InChI=1S/C18H18Br2O4S/c1-9-7-12(25-8-9)11(21)5-6-18(3)10(2)14(19)13(17(22)23)15(20)16(18)24-4/h5-8,16H,1-4H3,(H,22,23). The lowest BCUT2D eigenvalue weighted by Gasteiger charge is -2.40. The molecule has 0 saturated carbocycles. The highest BCUT2D eigenvalue weighted by atomic mass is 79.9. The fourth-order valence-electron chi connectivity index (χ4n) is 2.77. The van der Waals surface area contributed by atoms with Crippen LogP contribution in [0, 0.1) is 12.3 Å². The number of allylic oxidation sites excluding steroid dienone is 1. The van der Waals surface area contributed by atoms with Gasteiger partial charge in [0.15, 0.2) is 5.78 Å². The smallest absolute Gasteiger partial charge is 0.337 e. The summed E-state index contributed by atoms with van der Waals surface area (Å²) in [7, 11) is 1.52. The molecule has 1 N–H and O–H groups in total. The van der Waals surface area contributed by atoms with Crippen molar-refractivity contribution in [2.75, 3.05) is 7.11 Å². The number of thiophene rings is 1. The summed E-state index contributed by atoms with van der Waals surface area (Å²) < 4.78 is 6.51. The minimum atomic E-state index is -1.05. The molecule has 1 aromatic heterocycles. The number of carboxylic acids is 1. The zero-order chi connectivity index (χ0) is 18.9. The highest BCUT2D eigenvalue weighted by Crippen LogP contribution is 2.49. The molecule has 2 rings (SSSR count). The van der Waals surface area contributed by atoms with Crippen molar-refractivity contribution in [3.05, 3.63) is 54.2 Å². The Morgan fingerprint density at radius 2 is 2.00 bits per heavy atom. The van der Waals surface area contributed by atoms with Crippen LogP contribution < -0.4 is 0 Å². The largest absolute Gasteiger partial charge is 0.478 e.